The van der Waals surface area contributed by atoms with Crippen LogP contribution in [-0.4, -0.2) is 0 Å². The molecule has 0 aliphatic rings. The molecule has 5 aromatic carbocycles. The van der Waals surface area contributed by atoms with Crippen molar-refractivity contribution in [2.75, 3.05) is 11.5 Å². The van der Waals surface area contributed by atoms with Crippen molar-refractivity contribution in [2.24, 2.45) is 5.73 Å². The van der Waals surface area contributed by atoms with Crippen molar-refractivity contribution in [3.05, 3.63) is 84.4 Å². The van der Waals surface area contributed by atoms with Gasteiger partial charge in [-0.15, -0.1) is 0 Å². The Bertz CT molecular complexity index is 1350. The van der Waals surface area contributed by atoms with E-state index >= 15 is 0 Å². The third-order valence-electron chi connectivity index (χ3n) is 5.61. The molecule has 0 spiro atoms. The second-order valence-corrected chi connectivity index (χ2v) is 7.20. The molecule has 0 fully saturated rings. The van der Waals surface area contributed by atoms with E-state index in [1.165, 1.54) is 0 Å². The summed E-state index contributed by atoms with van der Waals surface area (Å²) in [5, 5.41) is 6.30. The summed E-state index contributed by atoms with van der Waals surface area (Å²) >= 11 is 0. The highest BCUT2D eigenvalue weighted by Gasteiger charge is 2.13. The average molecular weight is 363 g/mol. The van der Waals surface area contributed by atoms with Gasteiger partial charge in [-0.3, -0.25) is 0 Å². The van der Waals surface area contributed by atoms with E-state index in [-0.39, 0.29) is 0 Å². The minimum absolute atomic E-state index is 0.539. The topological polar surface area (TPSA) is 78.1 Å². The van der Waals surface area contributed by atoms with Gasteiger partial charge in [0.2, 0.25) is 0 Å². The molecule has 28 heavy (non-hydrogen) atoms. The SMILES string of the molecule is NCc1ccc(-c2cccc3c(N)c4cc5ccccc5c(N)c4cc23)cc1. The van der Waals surface area contributed by atoms with Crippen LogP contribution in [0.4, 0.5) is 11.4 Å². The van der Waals surface area contributed by atoms with Gasteiger partial charge in [0.15, 0.2) is 0 Å². The highest BCUT2D eigenvalue weighted by molar-refractivity contribution is 6.21. The lowest BCUT2D eigenvalue weighted by molar-refractivity contribution is 1.07. The minimum Gasteiger partial charge on any atom is -0.398 e. The van der Waals surface area contributed by atoms with Crippen molar-refractivity contribution in [1.29, 1.82) is 0 Å². The summed E-state index contributed by atoms with van der Waals surface area (Å²) in [6, 6.07) is 27.1. The molecule has 5 rings (SSSR count). The zero-order valence-corrected chi connectivity index (χ0v) is 15.4. The molecule has 0 saturated carbocycles. The molecule has 0 aliphatic carbocycles. The predicted molar refractivity (Wildman–Crippen MR) is 121 cm³/mol. The predicted octanol–water partition coefficient (Wildman–Crippen LogP) is 5.44. The molecule has 3 heteroatoms. The molecule has 0 heterocycles. The lowest BCUT2D eigenvalue weighted by atomic mass is 9.92. The van der Waals surface area contributed by atoms with Gasteiger partial charge in [0.1, 0.15) is 0 Å². The van der Waals surface area contributed by atoms with Crippen molar-refractivity contribution in [2.45, 2.75) is 6.54 Å². The van der Waals surface area contributed by atoms with E-state index in [2.05, 4.69) is 66.7 Å². The van der Waals surface area contributed by atoms with Gasteiger partial charge >= 0.3 is 0 Å². The Morgan fingerprint density at radius 2 is 1.25 bits per heavy atom. The number of anilines is 2. The van der Waals surface area contributed by atoms with Crippen LogP contribution in [0, 0.1) is 0 Å². The fraction of sp³-hybridized carbons (Fsp3) is 0.0400. The maximum atomic E-state index is 6.64. The van der Waals surface area contributed by atoms with Crippen molar-refractivity contribution in [3.8, 4) is 11.1 Å². The van der Waals surface area contributed by atoms with Crippen molar-refractivity contribution >= 4 is 43.7 Å². The van der Waals surface area contributed by atoms with Crippen LogP contribution in [0.3, 0.4) is 0 Å². The van der Waals surface area contributed by atoms with Crippen molar-refractivity contribution in [1.82, 2.24) is 0 Å². The summed E-state index contributed by atoms with van der Waals surface area (Å²) in [5.74, 6) is 0. The van der Waals surface area contributed by atoms with Gasteiger partial charge in [-0.25, -0.2) is 0 Å². The number of nitrogen functional groups attached to an aromatic ring is 2. The Balaban J connectivity index is 1.87. The molecular weight excluding hydrogens is 342 g/mol. The molecule has 0 bridgehead atoms. The first-order chi connectivity index (χ1) is 13.7. The van der Waals surface area contributed by atoms with E-state index in [1.807, 2.05) is 12.1 Å². The Morgan fingerprint density at radius 1 is 0.571 bits per heavy atom. The third kappa shape index (κ3) is 2.41. The van der Waals surface area contributed by atoms with Gasteiger partial charge in [-0.2, -0.15) is 0 Å². The molecule has 0 aliphatic heterocycles. The summed E-state index contributed by atoms with van der Waals surface area (Å²) in [7, 11) is 0. The molecule has 5 aromatic rings. The molecule has 0 atom stereocenters. The van der Waals surface area contributed by atoms with Crippen molar-refractivity contribution in [3.63, 3.8) is 0 Å². The first-order valence-corrected chi connectivity index (χ1v) is 9.39. The lowest BCUT2D eigenvalue weighted by Gasteiger charge is -2.15. The van der Waals surface area contributed by atoms with Crippen LogP contribution in [-0.2, 0) is 6.54 Å². The molecule has 0 saturated heterocycles. The van der Waals surface area contributed by atoms with Crippen LogP contribution in [0.2, 0.25) is 0 Å². The molecule has 6 N–H and O–H groups in total. The number of rotatable bonds is 2. The minimum atomic E-state index is 0.539. The summed E-state index contributed by atoms with van der Waals surface area (Å²) in [4.78, 5) is 0. The van der Waals surface area contributed by atoms with Gasteiger partial charge in [0.25, 0.3) is 0 Å². The van der Waals surface area contributed by atoms with Gasteiger partial charge in [-0.05, 0) is 39.6 Å². The monoisotopic (exact) mass is 363 g/mol. The van der Waals surface area contributed by atoms with Gasteiger partial charge < -0.3 is 17.2 Å². The first kappa shape index (κ1) is 16.6. The van der Waals surface area contributed by atoms with Crippen LogP contribution >= 0.6 is 0 Å². The molecule has 0 amide bonds. The Kier molecular flexibility index (Phi) is 3.71. The highest BCUT2D eigenvalue weighted by Crippen LogP contribution is 2.40. The zero-order valence-electron chi connectivity index (χ0n) is 15.4. The molecule has 136 valence electrons. The number of benzene rings is 5. The van der Waals surface area contributed by atoms with Crippen LogP contribution in [0.25, 0.3) is 43.4 Å². The summed E-state index contributed by atoms with van der Waals surface area (Å²) in [6.07, 6.45) is 0. The average Bonchev–Trinajstić information content (AvgIpc) is 2.75. The van der Waals surface area contributed by atoms with E-state index in [1.54, 1.807) is 0 Å². The smallest absolute Gasteiger partial charge is 0.0474 e. The maximum absolute atomic E-state index is 6.64. The van der Waals surface area contributed by atoms with Crippen LogP contribution in [0.5, 0.6) is 0 Å². The van der Waals surface area contributed by atoms with E-state index in [4.69, 9.17) is 17.2 Å². The van der Waals surface area contributed by atoms with E-state index in [9.17, 15) is 0 Å². The fourth-order valence-corrected chi connectivity index (χ4v) is 4.09. The quantitative estimate of drug-likeness (QED) is 0.289. The first-order valence-electron chi connectivity index (χ1n) is 9.39. The number of nitrogens with two attached hydrogens (primary N) is 3. The third-order valence-corrected chi connectivity index (χ3v) is 5.61. The molecule has 0 unspecified atom stereocenters. The number of hydrogen-bond donors (Lipinski definition) is 3. The summed E-state index contributed by atoms with van der Waals surface area (Å²) in [6.45, 7) is 0.539. The Labute approximate surface area is 163 Å². The van der Waals surface area contributed by atoms with Crippen LogP contribution in [0.1, 0.15) is 5.56 Å². The van der Waals surface area contributed by atoms with E-state index in [0.29, 0.717) is 6.54 Å². The van der Waals surface area contributed by atoms with Crippen molar-refractivity contribution < 1.29 is 0 Å². The Hall–Kier alpha value is -3.56. The largest absolute Gasteiger partial charge is 0.398 e. The highest BCUT2D eigenvalue weighted by atomic mass is 14.6. The normalized spacial score (nSPS) is 11.5. The second kappa shape index (κ2) is 6.25. The van der Waals surface area contributed by atoms with E-state index in [0.717, 1.165) is 60.4 Å². The number of fused-ring (bicyclic) bond motifs is 3. The molecule has 0 radical (unpaired) electrons. The maximum Gasteiger partial charge on any atom is 0.0474 e. The second-order valence-electron chi connectivity index (χ2n) is 7.20. The summed E-state index contributed by atoms with van der Waals surface area (Å²) in [5.41, 5.74) is 23.9. The molecule has 3 nitrogen and oxygen atoms in total. The molecular formula is C25H21N3. The van der Waals surface area contributed by atoms with Gasteiger partial charge in [-0.1, -0.05) is 66.7 Å². The Morgan fingerprint density at radius 3 is 2.04 bits per heavy atom. The standard InChI is InChI=1S/C25H21N3/c26-14-15-8-10-16(11-9-15)18-6-3-7-20-21(18)13-23-22(25(20)28)12-17-4-1-2-5-19(17)24(23)27/h1-13H,14,26-28H2. The van der Waals surface area contributed by atoms with Gasteiger partial charge in [0.05, 0.1) is 0 Å². The fourth-order valence-electron chi connectivity index (χ4n) is 4.09. The molecule has 0 aromatic heterocycles. The lowest BCUT2D eigenvalue weighted by Crippen LogP contribution is -1.96. The summed E-state index contributed by atoms with van der Waals surface area (Å²) < 4.78 is 0. The number of hydrogen-bond acceptors (Lipinski definition) is 3. The van der Waals surface area contributed by atoms with Crippen LogP contribution in [0.15, 0.2) is 78.9 Å². The van der Waals surface area contributed by atoms with Crippen LogP contribution < -0.4 is 17.2 Å². The van der Waals surface area contributed by atoms with Gasteiger partial charge in [0, 0.05) is 39.5 Å². The zero-order chi connectivity index (χ0) is 19.3. The van der Waals surface area contributed by atoms with E-state index < -0.39 is 0 Å².